The predicted octanol–water partition coefficient (Wildman–Crippen LogP) is 5.85. The van der Waals surface area contributed by atoms with E-state index in [0.29, 0.717) is 21.5 Å². The first-order valence-corrected chi connectivity index (χ1v) is 13.6. The number of likely N-dealkylation sites (tertiary alicyclic amines) is 1. The van der Waals surface area contributed by atoms with E-state index in [9.17, 15) is 18.8 Å². The molecule has 1 aliphatic carbocycles. The lowest BCUT2D eigenvalue weighted by molar-refractivity contribution is -0.137. The summed E-state index contributed by atoms with van der Waals surface area (Å²) in [6.45, 7) is 0.814. The van der Waals surface area contributed by atoms with Crippen LogP contribution in [0.1, 0.15) is 35.0 Å². The van der Waals surface area contributed by atoms with E-state index in [2.05, 4.69) is 10.4 Å². The van der Waals surface area contributed by atoms with Crippen LogP contribution in [0.5, 0.6) is 0 Å². The maximum absolute atomic E-state index is 15.7. The Morgan fingerprint density at radius 2 is 1.88 bits per heavy atom. The summed E-state index contributed by atoms with van der Waals surface area (Å²) in [5.41, 5.74) is 3.29. The molecule has 2 amide bonds. The van der Waals surface area contributed by atoms with E-state index < -0.39 is 29.8 Å². The lowest BCUT2D eigenvalue weighted by atomic mass is 9.99. The molecular formula is C31H25ClF2N4O3. The Balaban J connectivity index is 1.24. The van der Waals surface area contributed by atoms with Gasteiger partial charge in [0.2, 0.25) is 11.8 Å². The maximum atomic E-state index is 15.7. The van der Waals surface area contributed by atoms with Gasteiger partial charge in [-0.05, 0) is 29.7 Å². The number of amides is 2. The Labute approximate surface area is 239 Å². The Hall–Kier alpha value is -4.37. The van der Waals surface area contributed by atoms with Gasteiger partial charge in [-0.3, -0.25) is 19.1 Å². The van der Waals surface area contributed by atoms with Gasteiger partial charge >= 0.3 is 0 Å². The number of aromatic nitrogens is 2. The lowest BCUT2D eigenvalue weighted by Gasteiger charge is -2.24. The fraction of sp³-hybridized carbons (Fsp3) is 0.226. The average molecular weight is 575 g/mol. The molecule has 6 rings (SSSR count). The Kier molecular flexibility index (Phi) is 6.91. The predicted molar refractivity (Wildman–Crippen MR) is 153 cm³/mol. The first-order valence-electron chi connectivity index (χ1n) is 13.2. The number of nitrogens with one attached hydrogen (secondary N) is 1. The Bertz CT molecular complexity index is 1770. The zero-order chi connectivity index (χ0) is 28.8. The van der Waals surface area contributed by atoms with Crippen LogP contribution in [0.15, 0.2) is 60.7 Å². The monoisotopic (exact) mass is 574 g/mol. The molecule has 41 heavy (non-hydrogen) atoms. The summed E-state index contributed by atoms with van der Waals surface area (Å²) in [5.74, 6) is -2.18. The molecule has 1 fully saturated rings. The Morgan fingerprint density at radius 3 is 2.68 bits per heavy atom. The molecule has 1 N–H and O–H groups in total. The van der Waals surface area contributed by atoms with Gasteiger partial charge in [-0.25, -0.2) is 8.78 Å². The van der Waals surface area contributed by atoms with Crippen molar-refractivity contribution in [1.29, 1.82) is 0 Å². The number of alkyl halides is 1. The number of allylic oxidation sites excluding steroid dienone is 1. The molecule has 2 aliphatic rings. The van der Waals surface area contributed by atoms with Gasteiger partial charge in [0.05, 0.1) is 22.8 Å². The zero-order valence-electron chi connectivity index (χ0n) is 22.0. The highest BCUT2D eigenvalue weighted by molar-refractivity contribution is 6.35. The third-order valence-electron chi connectivity index (χ3n) is 7.59. The number of Topliss-reactive ketones (excluding diaryl/α,β-unsaturated/α-hetero) is 1. The van der Waals surface area contributed by atoms with Crippen LogP contribution >= 0.6 is 11.6 Å². The van der Waals surface area contributed by atoms with Crippen molar-refractivity contribution in [1.82, 2.24) is 14.7 Å². The van der Waals surface area contributed by atoms with Crippen molar-refractivity contribution in [3.63, 3.8) is 0 Å². The molecule has 0 unspecified atom stereocenters. The average Bonchev–Trinajstić information content (AvgIpc) is 3.68. The number of hydrogen-bond acceptors (Lipinski definition) is 4. The third kappa shape index (κ3) is 4.80. The summed E-state index contributed by atoms with van der Waals surface area (Å²) in [6, 6.07) is 14.1. The molecule has 208 valence electrons. The van der Waals surface area contributed by atoms with Gasteiger partial charge < -0.3 is 10.2 Å². The maximum Gasteiger partial charge on any atom is 0.247 e. The van der Waals surface area contributed by atoms with Crippen molar-refractivity contribution < 1.29 is 23.2 Å². The molecule has 0 saturated carbocycles. The molecular weight excluding hydrogens is 550 g/mol. The third-order valence-corrected chi connectivity index (χ3v) is 8.00. The van der Waals surface area contributed by atoms with Crippen LogP contribution in [0.2, 0.25) is 5.02 Å². The first-order chi connectivity index (χ1) is 19.7. The molecule has 2 heterocycles. The van der Waals surface area contributed by atoms with E-state index >= 15 is 4.39 Å². The van der Waals surface area contributed by atoms with Crippen LogP contribution in [0.3, 0.4) is 0 Å². The van der Waals surface area contributed by atoms with Crippen molar-refractivity contribution in [2.75, 3.05) is 11.9 Å². The summed E-state index contributed by atoms with van der Waals surface area (Å²) in [6.07, 6.45) is 2.99. The smallest absolute Gasteiger partial charge is 0.247 e. The van der Waals surface area contributed by atoms with Crippen molar-refractivity contribution in [3.05, 3.63) is 88.3 Å². The molecule has 10 heteroatoms. The van der Waals surface area contributed by atoms with E-state index in [1.165, 1.54) is 17.7 Å². The van der Waals surface area contributed by atoms with Crippen molar-refractivity contribution in [3.8, 4) is 11.1 Å². The van der Waals surface area contributed by atoms with Gasteiger partial charge in [-0.1, -0.05) is 66.2 Å². The highest BCUT2D eigenvalue weighted by Crippen LogP contribution is 2.38. The van der Waals surface area contributed by atoms with Gasteiger partial charge in [-0.15, -0.1) is 0 Å². The largest absolute Gasteiger partial charge is 0.326 e. The van der Waals surface area contributed by atoms with Crippen LogP contribution in [0, 0.1) is 5.82 Å². The highest BCUT2D eigenvalue weighted by atomic mass is 35.5. The van der Waals surface area contributed by atoms with Gasteiger partial charge in [0, 0.05) is 29.9 Å². The SMILES string of the molecule is CC(=O)c1nn(CC(=O)N2C[C@H](F)C[C@H]2C(=O)Nc2cccc(-c3ccc4c(c3Cl)C=CC4)c2F)c2ccccc12. The van der Waals surface area contributed by atoms with Gasteiger partial charge in [0.25, 0.3) is 0 Å². The minimum absolute atomic E-state index is 0.0986. The topological polar surface area (TPSA) is 84.3 Å². The van der Waals surface area contributed by atoms with Crippen LogP contribution in [-0.2, 0) is 22.6 Å². The first kappa shape index (κ1) is 26.8. The molecule has 3 aromatic carbocycles. The number of para-hydroxylation sites is 1. The second-order valence-electron chi connectivity index (χ2n) is 10.2. The van der Waals surface area contributed by atoms with E-state index in [1.54, 1.807) is 42.5 Å². The molecule has 4 aromatic rings. The van der Waals surface area contributed by atoms with Crippen molar-refractivity contribution in [2.45, 2.75) is 38.5 Å². The second kappa shape index (κ2) is 10.6. The van der Waals surface area contributed by atoms with Crippen molar-refractivity contribution in [2.24, 2.45) is 0 Å². The number of rotatable bonds is 6. The highest BCUT2D eigenvalue weighted by Gasteiger charge is 2.40. The molecule has 1 aliphatic heterocycles. The minimum Gasteiger partial charge on any atom is -0.326 e. The minimum atomic E-state index is -1.42. The number of halogens is 3. The second-order valence-corrected chi connectivity index (χ2v) is 10.6. The number of benzene rings is 3. The number of carbonyl (C=O) groups is 3. The lowest BCUT2D eigenvalue weighted by Crippen LogP contribution is -2.44. The van der Waals surface area contributed by atoms with E-state index in [1.807, 2.05) is 18.2 Å². The van der Waals surface area contributed by atoms with Gasteiger partial charge in [0.1, 0.15) is 24.5 Å². The normalized spacial score (nSPS) is 17.7. The number of anilines is 1. The summed E-state index contributed by atoms with van der Waals surface area (Å²) < 4.78 is 31.6. The number of carbonyl (C=O) groups excluding carboxylic acids is 3. The number of hydrogen-bond donors (Lipinski definition) is 1. The molecule has 0 radical (unpaired) electrons. The van der Waals surface area contributed by atoms with Crippen LogP contribution in [0.4, 0.5) is 14.5 Å². The molecule has 1 saturated heterocycles. The van der Waals surface area contributed by atoms with E-state index in [0.717, 1.165) is 22.4 Å². The fourth-order valence-corrected chi connectivity index (χ4v) is 5.94. The molecule has 2 atom stereocenters. The van der Waals surface area contributed by atoms with E-state index in [-0.39, 0.29) is 42.2 Å². The zero-order valence-corrected chi connectivity index (χ0v) is 22.8. The van der Waals surface area contributed by atoms with Crippen LogP contribution in [0.25, 0.3) is 28.1 Å². The van der Waals surface area contributed by atoms with Crippen LogP contribution in [-0.4, -0.2) is 51.0 Å². The molecule has 7 nitrogen and oxygen atoms in total. The summed E-state index contributed by atoms with van der Waals surface area (Å²) in [7, 11) is 0. The molecule has 1 aromatic heterocycles. The molecule has 0 spiro atoms. The Morgan fingerprint density at radius 1 is 1.07 bits per heavy atom. The fourth-order valence-electron chi connectivity index (χ4n) is 5.59. The van der Waals surface area contributed by atoms with Gasteiger partial charge in [-0.2, -0.15) is 5.10 Å². The van der Waals surface area contributed by atoms with Crippen molar-refractivity contribution >= 4 is 51.9 Å². The van der Waals surface area contributed by atoms with E-state index in [4.69, 9.17) is 11.6 Å². The molecule has 0 bridgehead atoms. The number of ketones is 1. The number of fused-ring (bicyclic) bond motifs is 2. The summed E-state index contributed by atoms with van der Waals surface area (Å²) in [4.78, 5) is 39.9. The standard InChI is InChI=1S/C31H25ClF2N4O3/c1-17(39)30-23-7-2-3-11-25(23)38(36-30)16-27(40)37-15-19(33)14-26(37)31(41)35-24-10-5-9-22(29(24)34)21-13-12-18-6-4-8-20(18)28(21)32/h2-5,7-13,19,26H,6,14-16H2,1H3,(H,35,41)/t19-,26+/m1/s1. The van der Waals surface area contributed by atoms with Crippen LogP contribution < -0.4 is 5.32 Å². The van der Waals surface area contributed by atoms with Gasteiger partial charge in [0.15, 0.2) is 11.6 Å². The summed E-state index contributed by atoms with van der Waals surface area (Å²) >= 11 is 6.60. The quantitative estimate of drug-likeness (QED) is 0.293. The number of nitrogens with zero attached hydrogens (tertiary/aromatic N) is 3. The summed E-state index contributed by atoms with van der Waals surface area (Å²) in [5, 5.41) is 7.87.